The van der Waals surface area contributed by atoms with Crippen LogP contribution >= 0.6 is 0 Å². The first-order valence-electron chi connectivity index (χ1n) is 12.2. The SMILES string of the molecule is Cc1ccccc1OCCn1c(CNC(=O)Cc2ccc(-c3ccccc3)cc2)nc2ccccc21. The molecule has 0 aliphatic rings. The summed E-state index contributed by atoms with van der Waals surface area (Å²) in [6.07, 6.45) is 0.325. The molecule has 0 aliphatic carbocycles. The highest BCUT2D eigenvalue weighted by Gasteiger charge is 2.12. The molecule has 180 valence electrons. The second-order valence-electron chi connectivity index (χ2n) is 8.80. The fraction of sp³-hybridized carbons (Fsp3) is 0.161. The Bertz CT molecular complexity index is 1460. The molecule has 0 bridgehead atoms. The highest BCUT2D eigenvalue weighted by molar-refractivity contribution is 5.79. The van der Waals surface area contributed by atoms with Gasteiger partial charge >= 0.3 is 0 Å². The van der Waals surface area contributed by atoms with Crippen molar-refractivity contribution in [2.75, 3.05) is 6.61 Å². The number of imidazole rings is 1. The van der Waals surface area contributed by atoms with Crippen molar-refractivity contribution >= 4 is 16.9 Å². The van der Waals surface area contributed by atoms with Crippen LogP contribution in [-0.2, 0) is 24.3 Å². The molecule has 36 heavy (non-hydrogen) atoms. The molecular weight excluding hydrogens is 446 g/mol. The number of rotatable bonds is 9. The third-order valence-corrected chi connectivity index (χ3v) is 6.27. The van der Waals surface area contributed by atoms with E-state index < -0.39 is 0 Å². The number of amides is 1. The van der Waals surface area contributed by atoms with Gasteiger partial charge in [0.25, 0.3) is 0 Å². The quantitative estimate of drug-likeness (QED) is 0.287. The normalized spacial score (nSPS) is 10.9. The Balaban J connectivity index is 1.22. The monoisotopic (exact) mass is 475 g/mol. The van der Waals surface area contributed by atoms with Crippen LogP contribution in [0.5, 0.6) is 5.75 Å². The molecule has 5 aromatic rings. The van der Waals surface area contributed by atoms with E-state index in [9.17, 15) is 4.79 Å². The minimum atomic E-state index is -0.0303. The average molecular weight is 476 g/mol. The second kappa shape index (κ2) is 10.9. The average Bonchev–Trinajstić information content (AvgIpc) is 3.27. The maximum atomic E-state index is 12.7. The number of hydrogen-bond donors (Lipinski definition) is 1. The van der Waals surface area contributed by atoms with Gasteiger partial charge in [0.1, 0.15) is 18.2 Å². The van der Waals surface area contributed by atoms with Gasteiger partial charge in [-0.3, -0.25) is 4.79 Å². The molecule has 5 heteroatoms. The second-order valence-corrected chi connectivity index (χ2v) is 8.80. The molecule has 5 rings (SSSR count). The molecule has 1 aromatic heterocycles. The maximum absolute atomic E-state index is 12.7. The van der Waals surface area contributed by atoms with Crippen molar-refractivity contribution in [2.24, 2.45) is 0 Å². The Hall–Kier alpha value is -4.38. The van der Waals surface area contributed by atoms with Crippen molar-refractivity contribution in [2.45, 2.75) is 26.4 Å². The fourth-order valence-corrected chi connectivity index (χ4v) is 4.35. The Labute approximate surface area is 211 Å². The summed E-state index contributed by atoms with van der Waals surface area (Å²) in [5, 5.41) is 3.05. The van der Waals surface area contributed by atoms with Crippen LogP contribution in [0.1, 0.15) is 17.0 Å². The number of aryl methyl sites for hydroxylation is 1. The van der Waals surface area contributed by atoms with Gasteiger partial charge in [-0.1, -0.05) is 84.9 Å². The highest BCUT2D eigenvalue weighted by atomic mass is 16.5. The number of fused-ring (bicyclic) bond motifs is 1. The van der Waals surface area contributed by atoms with Crippen molar-refractivity contribution in [1.82, 2.24) is 14.9 Å². The number of nitrogens with one attached hydrogen (secondary N) is 1. The van der Waals surface area contributed by atoms with E-state index in [1.54, 1.807) is 0 Å². The molecule has 0 saturated heterocycles. The molecule has 1 heterocycles. The number of benzene rings is 4. The first kappa shape index (κ1) is 23.4. The minimum Gasteiger partial charge on any atom is -0.491 e. The van der Waals surface area contributed by atoms with Gasteiger partial charge in [0.15, 0.2) is 0 Å². The Morgan fingerprint density at radius 2 is 1.53 bits per heavy atom. The largest absolute Gasteiger partial charge is 0.491 e. The molecular formula is C31H29N3O2. The van der Waals surface area contributed by atoms with Gasteiger partial charge in [-0.2, -0.15) is 0 Å². The summed E-state index contributed by atoms with van der Waals surface area (Å²) in [7, 11) is 0. The molecule has 1 amide bonds. The van der Waals surface area contributed by atoms with Crippen molar-refractivity contribution < 1.29 is 9.53 Å². The first-order valence-corrected chi connectivity index (χ1v) is 12.2. The summed E-state index contributed by atoms with van der Waals surface area (Å²) in [4.78, 5) is 17.5. The fourth-order valence-electron chi connectivity index (χ4n) is 4.35. The number of carbonyl (C=O) groups is 1. The van der Waals surface area contributed by atoms with Gasteiger partial charge in [-0.25, -0.2) is 4.98 Å². The van der Waals surface area contributed by atoms with E-state index in [0.717, 1.165) is 39.3 Å². The van der Waals surface area contributed by atoms with E-state index in [2.05, 4.69) is 40.2 Å². The van der Waals surface area contributed by atoms with E-state index in [1.165, 1.54) is 5.56 Å². The van der Waals surface area contributed by atoms with Crippen molar-refractivity contribution in [3.8, 4) is 16.9 Å². The minimum absolute atomic E-state index is 0.0303. The molecule has 0 atom stereocenters. The lowest BCUT2D eigenvalue weighted by Crippen LogP contribution is -2.26. The predicted octanol–water partition coefficient (Wildman–Crippen LogP) is 5.95. The number of nitrogens with zero attached hydrogens (tertiary/aromatic N) is 2. The first-order chi connectivity index (χ1) is 17.7. The van der Waals surface area contributed by atoms with Crippen molar-refractivity contribution in [3.63, 3.8) is 0 Å². The van der Waals surface area contributed by atoms with Crippen molar-refractivity contribution in [3.05, 3.63) is 120 Å². The van der Waals surface area contributed by atoms with Gasteiger partial charge in [0.05, 0.1) is 30.5 Å². The molecule has 0 spiro atoms. The number of aromatic nitrogens is 2. The zero-order chi connectivity index (χ0) is 24.7. The maximum Gasteiger partial charge on any atom is 0.224 e. The summed E-state index contributed by atoms with van der Waals surface area (Å²) in [6.45, 7) is 3.55. The van der Waals surface area contributed by atoms with Crippen LogP contribution in [0.4, 0.5) is 0 Å². The van der Waals surface area contributed by atoms with Crippen LogP contribution in [0.3, 0.4) is 0 Å². The smallest absolute Gasteiger partial charge is 0.224 e. The molecule has 4 aromatic carbocycles. The number of carbonyl (C=O) groups excluding carboxylic acids is 1. The zero-order valence-corrected chi connectivity index (χ0v) is 20.4. The molecule has 0 aliphatic heterocycles. The third-order valence-electron chi connectivity index (χ3n) is 6.27. The van der Waals surface area contributed by atoms with Gasteiger partial charge in [0, 0.05) is 0 Å². The summed E-state index contributed by atoms with van der Waals surface area (Å²) < 4.78 is 8.15. The molecule has 0 unspecified atom stereocenters. The zero-order valence-electron chi connectivity index (χ0n) is 20.4. The highest BCUT2D eigenvalue weighted by Crippen LogP contribution is 2.20. The predicted molar refractivity (Wildman–Crippen MR) is 144 cm³/mol. The molecule has 0 saturated carbocycles. The number of ether oxygens (including phenoxy) is 1. The third kappa shape index (κ3) is 5.47. The van der Waals surface area contributed by atoms with Crippen LogP contribution in [0.25, 0.3) is 22.2 Å². The molecule has 1 N–H and O–H groups in total. The van der Waals surface area contributed by atoms with Crippen LogP contribution in [0.2, 0.25) is 0 Å². The van der Waals surface area contributed by atoms with Crippen LogP contribution in [0.15, 0.2) is 103 Å². The van der Waals surface area contributed by atoms with E-state index in [1.807, 2.05) is 79.7 Å². The summed E-state index contributed by atoms with van der Waals surface area (Å²) in [6, 6.07) is 34.4. The molecule has 0 fully saturated rings. The van der Waals surface area contributed by atoms with Crippen LogP contribution in [0, 0.1) is 6.92 Å². The Morgan fingerprint density at radius 1 is 0.833 bits per heavy atom. The van der Waals surface area contributed by atoms with E-state index in [0.29, 0.717) is 26.1 Å². The van der Waals surface area contributed by atoms with Crippen molar-refractivity contribution in [1.29, 1.82) is 0 Å². The number of hydrogen-bond acceptors (Lipinski definition) is 3. The Kier molecular flexibility index (Phi) is 7.08. The lowest BCUT2D eigenvalue weighted by molar-refractivity contribution is -0.120. The van der Waals surface area contributed by atoms with Gasteiger partial charge in [-0.15, -0.1) is 0 Å². The molecule has 5 nitrogen and oxygen atoms in total. The van der Waals surface area contributed by atoms with Gasteiger partial charge in [0.2, 0.25) is 5.91 Å². The van der Waals surface area contributed by atoms with Gasteiger partial charge in [-0.05, 0) is 47.4 Å². The van der Waals surface area contributed by atoms with Crippen LogP contribution < -0.4 is 10.1 Å². The van der Waals surface area contributed by atoms with Gasteiger partial charge < -0.3 is 14.6 Å². The van der Waals surface area contributed by atoms with E-state index in [4.69, 9.17) is 9.72 Å². The Morgan fingerprint density at radius 3 is 2.33 bits per heavy atom. The lowest BCUT2D eigenvalue weighted by atomic mass is 10.0. The lowest BCUT2D eigenvalue weighted by Gasteiger charge is -2.13. The summed E-state index contributed by atoms with van der Waals surface area (Å²) in [5.41, 5.74) is 6.34. The van der Waals surface area contributed by atoms with E-state index in [-0.39, 0.29) is 5.91 Å². The van der Waals surface area contributed by atoms with E-state index >= 15 is 0 Å². The standard InChI is InChI=1S/C31H29N3O2/c1-23-9-5-8-14-29(23)36-20-19-34-28-13-7-6-12-27(28)33-30(34)22-32-31(35)21-24-15-17-26(18-16-24)25-10-3-2-4-11-25/h2-18H,19-22H2,1H3,(H,32,35). The molecule has 0 radical (unpaired) electrons. The summed E-state index contributed by atoms with van der Waals surface area (Å²) >= 11 is 0. The number of para-hydroxylation sites is 3. The topological polar surface area (TPSA) is 56.1 Å². The summed E-state index contributed by atoms with van der Waals surface area (Å²) in [5.74, 6) is 1.67. The van der Waals surface area contributed by atoms with Crippen LogP contribution in [-0.4, -0.2) is 22.1 Å².